The van der Waals surface area contributed by atoms with Crippen molar-refractivity contribution in [1.82, 2.24) is 9.78 Å². The standard InChI is InChI=1S/C18H17N3O4/c1-25-18(24)12-9-19-21-16(10-4-2-5-11(22)8-10)15-13(20-17(12)21)6-3-7-14(15)23/h2,4-5,8-9,16,20,22H,3,6-7H2,1H3/t16-/m0/s1. The SMILES string of the molecule is COC(=O)c1cnn2c1NC1=C(C(=O)CCC1)[C@@H]2c1cccc(O)c1. The number of phenolic OH excluding ortho intramolecular Hbond substituents is 1. The van der Waals surface area contributed by atoms with Crippen molar-refractivity contribution in [3.63, 3.8) is 0 Å². The van der Waals surface area contributed by atoms with Crippen molar-refractivity contribution < 1.29 is 19.4 Å². The first kappa shape index (κ1) is 15.4. The number of aromatic hydroxyl groups is 1. The fourth-order valence-electron chi connectivity index (χ4n) is 3.52. The second kappa shape index (κ2) is 5.77. The number of carbonyl (C=O) groups is 2. The molecule has 0 bridgehead atoms. The lowest BCUT2D eigenvalue weighted by atomic mass is 9.85. The Morgan fingerprint density at radius 3 is 3.00 bits per heavy atom. The predicted molar refractivity (Wildman–Crippen MR) is 89.3 cm³/mol. The molecule has 0 spiro atoms. The summed E-state index contributed by atoms with van der Waals surface area (Å²) >= 11 is 0. The Balaban J connectivity index is 1.93. The van der Waals surface area contributed by atoms with E-state index in [0.29, 0.717) is 23.4 Å². The summed E-state index contributed by atoms with van der Waals surface area (Å²) in [6.07, 6.45) is 3.41. The zero-order valence-corrected chi connectivity index (χ0v) is 13.7. The summed E-state index contributed by atoms with van der Waals surface area (Å²) in [7, 11) is 1.32. The van der Waals surface area contributed by atoms with E-state index in [1.165, 1.54) is 13.3 Å². The minimum Gasteiger partial charge on any atom is -0.508 e. The highest BCUT2D eigenvalue weighted by atomic mass is 16.5. The monoisotopic (exact) mass is 339 g/mol. The summed E-state index contributed by atoms with van der Waals surface area (Å²) in [5.74, 6) is 0.189. The Bertz CT molecular complexity index is 913. The van der Waals surface area contributed by atoms with Crippen molar-refractivity contribution >= 4 is 17.6 Å². The maximum Gasteiger partial charge on any atom is 0.343 e. The number of rotatable bonds is 2. The molecule has 4 rings (SSSR count). The van der Waals surface area contributed by atoms with Gasteiger partial charge in [-0.3, -0.25) is 4.79 Å². The van der Waals surface area contributed by atoms with Gasteiger partial charge in [0, 0.05) is 17.7 Å². The maximum atomic E-state index is 12.6. The highest BCUT2D eigenvalue weighted by Crippen LogP contribution is 2.42. The van der Waals surface area contributed by atoms with Crippen molar-refractivity contribution in [2.24, 2.45) is 0 Å². The van der Waals surface area contributed by atoms with Gasteiger partial charge in [0.25, 0.3) is 0 Å². The molecule has 7 nitrogen and oxygen atoms in total. The van der Waals surface area contributed by atoms with Crippen LogP contribution in [0.1, 0.15) is 41.2 Å². The number of allylic oxidation sites excluding steroid dienone is 2. The molecule has 1 aromatic heterocycles. The molecule has 0 radical (unpaired) electrons. The van der Waals surface area contributed by atoms with Crippen LogP contribution in [0.2, 0.25) is 0 Å². The number of phenols is 1. The lowest BCUT2D eigenvalue weighted by Crippen LogP contribution is -2.31. The summed E-state index contributed by atoms with van der Waals surface area (Å²) in [6, 6.07) is 6.28. The van der Waals surface area contributed by atoms with E-state index in [-0.39, 0.29) is 11.5 Å². The summed E-state index contributed by atoms with van der Waals surface area (Å²) in [5.41, 5.74) is 2.51. The third-order valence-corrected chi connectivity index (χ3v) is 4.63. The molecule has 25 heavy (non-hydrogen) atoms. The first-order chi connectivity index (χ1) is 12.1. The van der Waals surface area contributed by atoms with E-state index < -0.39 is 12.0 Å². The smallest absolute Gasteiger partial charge is 0.343 e. The molecule has 1 aliphatic carbocycles. The van der Waals surface area contributed by atoms with E-state index >= 15 is 0 Å². The van der Waals surface area contributed by atoms with Gasteiger partial charge in [0.05, 0.1) is 13.3 Å². The van der Waals surface area contributed by atoms with E-state index in [2.05, 4.69) is 10.4 Å². The topological polar surface area (TPSA) is 93.5 Å². The molecule has 2 aromatic rings. The van der Waals surface area contributed by atoms with Crippen molar-refractivity contribution in [3.05, 3.63) is 52.9 Å². The van der Waals surface area contributed by atoms with Gasteiger partial charge in [-0.15, -0.1) is 0 Å². The van der Waals surface area contributed by atoms with Gasteiger partial charge < -0.3 is 15.2 Å². The number of aromatic nitrogens is 2. The van der Waals surface area contributed by atoms with Crippen molar-refractivity contribution in [3.8, 4) is 5.75 Å². The molecule has 0 fully saturated rings. The van der Waals surface area contributed by atoms with Gasteiger partial charge in [-0.2, -0.15) is 5.10 Å². The molecule has 7 heteroatoms. The third kappa shape index (κ3) is 2.39. The number of hydrogen-bond acceptors (Lipinski definition) is 6. The lowest BCUT2D eigenvalue weighted by Gasteiger charge is -2.33. The number of hydrogen-bond donors (Lipinski definition) is 2. The van der Waals surface area contributed by atoms with E-state index in [4.69, 9.17) is 4.74 Å². The second-order valence-corrected chi connectivity index (χ2v) is 6.13. The van der Waals surface area contributed by atoms with Crippen LogP contribution in [-0.2, 0) is 9.53 Å². The average Bonchev–Trinajstić information content (AvgIpc) is 3.03. The molecular formula is C18H17N3O4. The van der Waals surface area contributed by atoms with Crippen LogP contribution in [0.5, 0.6) is 5.75 Å². The minimum absolute atomic E-state index is 0.0582. The molecule has 1 aliphatic heterocycles. The second-order valence-electron chi connectivity index (χ2n) is 6.13. The predicted octanol–water partition coefficient (Wildman–Crippen LogP) is 2.40. The van der Waals surface area contributed by atoms with Crippen LogP contribution in [0, 0.1) is 0 Å². The van der Waals surface area contributed by atoms with Gasteiger partial charge in [-0.05, 0) is 30.5 Å². The summed E-state index contributed by atoms with van der Waals surface area (Å²) in [4.78, 5) is 24.6. The first-order valence-electron chi connectivity index (χ1n) is 8.08. The lowest BCUT2D eigenvalue weighted by molar-refractivity contribution is -0.116. The number of esters is 1. The number of nitrogens with one attached hydrogen (secondary N) is 1. The summed E-state index contributed by atoms with van der Waals surface area (Å²) in [5, 5.41) is 17.4. The molecule has 0 unspecified atom stereocenters. The Morgan fingerprint density at radius 2 is 2.24 bits per heavy atom. The van der Waals surface area contributed by atoms with Crippen LogP contribution < -0.4 is 5.32 Å². The van der Waals surface area contributed by atoms with Crippen LogP contribution in [0.25, 0.3) is 0 Å². The van der Waals surface area contributed by atoms with E-state index in [0.717, 1.165) is 24.1 Å². The molecular weight excluding hydrogens is 322 g/mol. The van der Waals surface area contributed by atoms with Gasteiger partial charge in [-0.1, -0.05) is 12.1 Å². The zero-order valence-electron chi connectivity index (χ0n) is 13.7. The van der Waals surface area contributed by atoms with Gasteiger partial charge in [0.2, 0.25) is 0 Å². The van der Waals surface area contributed by atoms with Gasteiger partial charge in [0.15, 0.2) is 5.78 Å². The molecule has 0 amide bonds. The van der Waals surface area contributed by atoms with E-state index in [1.807, 2.05) is 6.07 Å². The molecule has 1 atom stereocenters. The van der Waals surface area contributed by atoms with Crippen LogP contribution in [-0.4, -0.2) is 33.7 Å². The Kier molecular flexibility index (Phi) is 3.56. The van der Waals surface area contributed by atoms with Crippen LogP contribution >= 0.6 is 0 Å². The van der Waals surface area contributed by atoms with Crippen LogP contribution in [0.4, 0.5) is 5.82 Å². The molecule has 0 saturated heterocycles. The number of methoxy groups -OCH3 is 1. The molecule has 2 aliphatic rings. The van der Waals surface area contributed by atoms with Gasteiger partial charge in [-0.25, -0.2) is 9.48 Å². The summed E-state index contributed by atoms with van der Waals surface area (Å²) in [6.45, 7) is 0. The highest BCUT2D eigenvalue weighted by Gasteiger charge is 2.37. The number of carbonyl (C=O) groups excluding carboxylic acids is 2. The Hall–Kier alpha value is -3.09. The van der Waals surface area contributed by atoms with E-state index in [1.54, 1.807) is 22.9 Å². The number of nitrogens with zero attached hydrogens (tertiary/aromatic N) is 2. The van der Waals surface area contributed by atoms with Crippen molar-refractivity contribution in [1.29, 1.82) is 0 Å². The van der Waals surface area contributed by atoms with Crippen molar-refractivity contribution in [2.45, 2.75) is 25.3 Å². The Labute approximate surface area is 143 Å². The van der Waals surface area contributed by atoms with Gasteiger partial charge >= 0.3 is 5.97 Å². The van der Waals surface area contributed by atoms with Crippen LogP contribution in [0.15, 0.2) is 41.7 Å². The highest BCUT2D eigenvalue weighted by molar-refractivity contribution is 6.01. The number of benzene rings is 1. The van der Waals surface area contributed by atoms with Gasteiger partial charge in [0.1, 0.15) is 23.2 Å². The number of anilines is 1. The number of ketones is 1. The van der Waals surface area contributed by atoms with Crippen molar-refractivity contribution in [2.75, 3.05) is 12.4 Å². The quantitative estimate of drug-likeness (QED) is 0.816. The normalized spacial score (nSPS) is 19.1. The molecule has 128 valence electrons. The number of Topliss-reactive ketones (excluding diaryl/α,β-unsaturated/α-hetero) is 1. The molecule has 0 saturated carbocycles. The average molecular weight is 339 g/mol. The first-order valence-corrected chi connectivity index (χ1v) is 8.08. The molecule has 1 aromatic carbocycles. The number of ether oxygens (including phenoxy) is 1. The zero-order chi connectivity index (χ0) is 17.6. The number of fused-ring (bicyclic) bond motifs is 1. The molecule has 2 heterocycles. The largest absolute Gasteiger partial charge is 0.508 e. The molecule has 2 N–H and O–H groups in total. The van der Waals surface area contributed by atoms with Crippen LogP contribution in [0.3, 0.4) is 0 Å². The maximum absolute atomic E-state index is 12.6. The fraction of sp³-hybridized carbons (Fsp3) is 0.278. The fourth-order valence-corrected chi connectivity index (χ4v) is 3.52. The third-order valence-electron chi connectivity index (χ3n) is 4.63. The summed E-state index contributed by atoms with van der Waals surface area (Å²) < 4.78 is 6.44. The minimum atomic E-state index is -0.491. The van der Waals surface area contributed by atoms with E-state index in [9.17, 15) is 14.7 Å². The Morgan fingerprint density at radius 1 is 1.40 bits per heavy atom.